The number of alkyl halides is 2. The van der Waals surface area contributed by atoms with Crippen molar-refractivity contribution in [2.24, 2.45) is 0 Å². The Morgan fingerprint density at radius 1 is 1.50 bits per heavy atom. The fourth-order valence-electron chi connectivity index (χ4n) is 2.16. The Morgan fingerprint density at radius 3 is 2.56 bits per heavy atom. The number of hydrogen-bond acceptors (Lipinski definition) is 3. The highest BCUT2D eigenvalue weighted by molar-refractivity contribution is 5.82. The molecule has 0 spiro atoms. The van der Waals surface area contributed by atoms with E-state index in [0.29, 0.717) is 0 Å². The van der Waals surface area contributed by atoms with E-state index in [-0.39, 0.29) is 11.9 Å². The Balaban J connectivity index is 2.36. The van der Waals surface area contributed by atoms with Gasteiger partial charge in [-0.3, -0.25) is 10.1 Å². The van der Waals surface area contributed by atoms with E-state index in [1.807, 2.05) is 6.92 Å². The number of halogens is 2. The third-order valence-electron chi connectivity index (χ3n) is 3.24. The zero-order chi connectivity index (χ0) is 13.8. The minimum atomic E-state index is -2.76. The van der Waals surface area contributed by atoms with Gasteiger partial charge in [-0.05, 0) is 20.0 Å². The molecule has 1 fully saturated rings. The van der Waals surface area contributed by atoms with Crippen molar-refractivity contribution >= 4 is 5.91 Å². The van der Waals surface area contributed by atoms with Gasteiger partial charge in [0.05, 0.1) is 12.6 Å². The van der Waals surface area contributed by atoms with Gasteiger partial charge in [0, 0.05) is 19.0 Å². The zero-order valence-corrected chi connectivity index (χ0v) is 11.3. The molecule has 2 N–H and O–H groups in total. The first kappa shape index (κ1) is 15.3. The molecule has 0 aromatic rings. The van der Waals surface area contributed by atoms with Crippen molar-refractivity contribution in [3.05, 3.63) is 0 Å². The molecule has 2 unspecified atom stereocenters. The summed E-state index contributed by atoms with van der Waals surface area (Å²) in [5, 5.41) is 5.34. The summed E-state index contributed by atoms with van der Waals surface area (Å²) in [4.78, 5) is 14.0. The van der Waals surface area contributed by atoms with Crippen molar-refractivity contribution in [1.29, 1.82) is 0 Å². The second-order valence-corrected chi connectivity index (χ2v) is 4.89. The van der Waals surface area contributed by atoms with Crippen molar-refractivity contribution in [3.8, 4) is 0 Å². The van der Waals surface area contributed by atoms with Crippen LogP contribution in [0, 0.1) is 0 Å². The predicted octanol–water partition coefficient (Wildman–Crippen LogP) is 0.830. The molecule has 1 aliphatic rings. The van der Waals surface area contributed by atoms with Crippen LogP contribution in [-0.2, 0) is 4.79 Å². The van der Waals surface area contributed by atoms with Gasteiger partial charge in [-0.2, -0.15) is 0 Å². The first-order chi connectivity index (χ1) is 8.38. The lowest BCUT2D eigenvalue weighted by Crippen LogP contribution is -2.48. The van der Waals surface area contributed by atoms with Crippen molar-refractivity contribution in [3.63, 3.8) is 0 Å². The van der Waals surface area contributed by atoms with Crippen LogP contribution in [0.15, 0.2) is 0 Å². The van der Waals surface area contributed by atoms with Crippen LogP contribution >= 0.6 is 0 Å². The van der Waals surface area contributed by atoms with Crippen LogP contribution in [0.2, 0.25) is 0 Å². The lowest BCUT2D eigenvalue weighted by molar-refractivity contribution is -0.124. The molecule has 1 amide bonds. The molecule has 0 aromatic heterocycles. The fraction of sp³-hybridized carbons (Fsp3) is 0.917. The predicted molar refractivity (Wildman–Crippen MR) is 66.7 cm³/mol. The molecule has 0 aromatic carbocycles. The highest BCUT2D eigenvalue weighted by Gasteiger charge is 2.42. The normalized spacial score (nSPS) is 24.2. The molecule has 18 heavy (non-hydrogen) atoms. The first-order valence-corrected chi connectivity index (χ1v) is 6.52. The maximum atomic E-state index is 13.0. The lowest BCUT2D eigenvalue weighted by atomic mass is 10.1. The standard InChI is InChI=1S/C12H23F2N3O/c1-4-17(5-2)7-9(3)16-11(18)10-6-12(13,14)8-15-10/h9-10,15H,4-8H2,1-3H3,(H,16,18). The van der Waals surface area contributed by atoms with Gasteiger partial charge in [-0.1, -0.05) is 13.8 Å². The Hall–Kier alpha value is -0.750. The number of likely N-dealkylation sites (N-methyl/N-ethyl adjacent to an activating group) is 1. The average molecular weight is 263 g/mol. The Morgan fingerprint density at radius 2 is 2.11 bits per heavy atom. The second-order valence-electron chi connectivity index (χ2n) is 4.89. The summed E-state index contributed by atoms with van der Waals surface area (Å²) < 4.78 is 25.9. The van der Waals surface area contributed by atoms with Gasteiger partial charge in [0.15, 0.2) is 0 Å². The van der Waals surface area contributed by atoms with Crippen LogP contribution in [0.5, 0.6) is 0 Å². The molecule has 1 rings (SSSR count). The van der Waals surface area contributed by atoms with E-state index < -0.39 is 24.9 Å². The van der Waals surface area contributed by atoms with Gasteiger partial charge in [0.25, 0.3) is 5.92 Å². The van der Waals surface area contributed by atoms with Crippen LogP contribution in [0.1, 0.15) is 27.2 Å². The van der Waals surface area contributed by atoms with Gasteiger partial charge in [0.2, 0.25) is 5.91 Å². The maximum Gasteiger partial charge on any atom is 0.262 e. The van der Waals surface area contributed by atoms with E-state index in [1.165, 1.54) is 0 Å². The third-order valence-corrected chi connectivity index (χ3v) is 3.24. The zero-order valence-electron chi connectivity index (χ0n) is 11.3. The number of rotatable bonds is 6. The molecular weight excluding hydrogens is 240 g/mol. The van der Waals surface area contributed by atoms with Crippen molar-refractivity contribution in [2.75, 3.05) is 26.2 Å². The second kappa shape index (κ2) is 6.43. The molecular formula is C12H23F2N3O. The fourth-order valence-corrected chi connectivity index (χ4v) is 2.16. The summed E-state index contributed by atoms with van der Waals surface area (Å²) in [6.45, 7) is 8.15. The summed E-state index contributed by atoms with van der Waals surface area (Å²) in [5.74, 6) is -3.09. The minimum Gasteiger partial charge on any atom is -0.351 e. The molecule has 1 saturated heterocycles. The third kappa shape index (κ3) is 4.49. The highest BCUT2D eigenvalue weighted by Crippen LogP contribution is 2.25. The summed E-state index contributed by atoms with van der Waals surface area (Å²) in [5.41, 5.74) is 0. The number of hydrogen-bond donors (Lipinski definition) is 2. The molecule has 0 saturated carbocycles. The summed E-state index contributed by atoms with van der Waals surface area (Å²) in [7, 11) is 0. The Labute approximate surface area is 107 Å². The monoisotopic (exact) mass is 263 g/mol. The molecule has 4 nitrogen and oxygen atoms in total. The van der Waals surface area contributed by atoms with Crippen LogP contribution < -0.4 is 10.6 Å². The number of nitrogens with one attached hydrogen (secondary N) is 2. The Kier molecular flexibility index (Phi) is 5.47. The van der Waals surface area contributed by atoms with Gasteiger partial charge < -0.3 is 10.2 Å². The van der Waals surface area contributed by atoms with E-state index in [1.54, 1.807) is 0 Å². The molecule has 0 radical (unpaired) electrons. The number of amides is 1. The first-order valence-electron chi connectivity index (χ1n) is 6.52. The number of nitrogens with zero attached hydrogens (tertiary/aromatic N) is 1. The largest absolute Gasteiger partial charge is 0.351 e. The van der Waals surface area contributed by atoms with Gasteiger partial charge >= 0.3 is 0 Å². The van der Waals surface area contributed by atoms with Crippen molar-refractivity contribution in [1.82, 2.24) is 15.5 Å². The smallest absolute Gasteiger partial charge is 0.262 e. The highest BCUT2D eigenvalue weighted by atomic mass is 19.3. The van der Waals surface area contributed by atoms with Gasteiger partial charge in [-0.15, -0.1) is 0 Å². The van der Waals surface area contributed by atoms with E-state index in [9.17, 15) is 13.6 Å². The minimum absolute atomic E-state index is 0.0339. The molecule has 0 aliphatic carbocycles. The van der Waals surface area contributed by atoms with E-state index in [0.717, 1.165) is 19.6 Å². The molecule has 2 atom stereocenters. The van der Waals surface area contributed by atoms with Crippen molar-refractivity contribution < 1.29 is 13.6 Å². The van der Waals surface area contributed by atoms with Crippen LogP contribution in [0.3, 0.4) is 0 Å². The topological polar surface area (TPSA) is 44.4 Å². The summed E-state index contributed by atoms with van der Waals surface area (Å²) in [6.07, 6.45) is -0.406. The molecule has 106 valence electrons. The quantitative estimate of drug-likeness (QED) is 0.746. The Bertz CT molecular complexity index is 282. The number of carbonyl (C=O) groups is 1. The van der Waals surface area contributed by atoms with Crippen LogP contribution in [0.4, 0.5) is 8.78 Å². The molecule has 1 aliphatic heterocycles. The van der Waals surface area contributed by atoms with Crippen LogP contribution in [-0.4, -0.2) is 55.0 Å². The number of carbonyl (C=O) groups excluding carboxylic acids is 1. The SMILES string of the molecule is CCN(CC)CC(C)NC(=O)C1CC(F)(F)CN1. The van der Waals surface area contributed by atoms with Crippen LogP contribution in [0.25, 0.3) is 0 Å². The van der Waals surface area contributed by atoms with Gasteiger partial charge in [-0.25, -0.2) is 8.78 Å². The molecule has 0 bridgehead atoms. The van der Waals surface area contributed by atoms with Crippen molar-refractivity contribution in [2.45, 2.75) is 45.2 Å². The summed E-state index contributed by atoms with van der Waals surface area (Å²) >= 11 is 0. The van der Waals surface area contributed by atoms with Gasteiger partial charge in [0.1, 0.15) is 0 Å². The average Bonchev–Trinajstić information content (AvgIpc) is 2.66. The van der Waals surface area contributed by atoms with E-state index in [4.69, 9.17) is 0 Å². The van der Waals surface area contributed by atoms with E-state index in [2.05, 4.69) is 29.4 Å². The summed E-state index contributed by atoms with van der Waals surface area (Å²) in [6, 6.07) is -0.799. The molecule has 1 heterocycles. The lowest BCUT2D eigenvalue weighted by Gasteiger charge is -2.24. The van der Waals surface area contributed by atoms with E-state index >= 15 is 0 Å². The maximum absolute atomic E-state index is 13.0. The molecule has 6 heteroatoms.